The van der Waals surface area contributed by atoms with Gasteiger partial charge in [-0.15, -0.1) is 13.2 Å². The van der Waals surface area contributed by atoms with Crippen molar-refractivity contribution in [2.45, 2.75) is 12.8 Å². The number of hydrogen-bond acceptors (Lipinski definition) is 1. The van der Waals surface area contributed by atoms with Gasteiger partial charge >= 0.3 is 6.36 Å². The smallest absolute Gasteiger partial charge is 0.406 e. The van der Waals surface area contributed by atoms with E-state index in [9.17, 15) is 13.2 Å². The number of halogens is 5. The van der Waals surface area contributed by atoms with Crippen LogP contribution in [0.5, 0.6) is 5.75 Å². The fourth-order valence-corrected chi connectivity index (χ4v) is 1.42. The maximum Gasteiger partial charge on any atom is 0.573 e. The van der Waals surface area contributed by atoms with E-state index in [1.165, 1.54) is 12.1 Å². The average molecular weight is 328 g/mol. The van der Waals surface area contributed by atoms with Crippen molar-refractivity contribution in [2.24, 2.45) is 0 Å². The van der Waals surface area contributed by atoms with Gasteiger partial charge in [-0.2, -0.15) is 0 Å². The standard InChI is InChI=1S/C11H7BrClF3O/c12-6-2-1-3-8-4-5-9(7-10(8)13)17-11(14,15)16/h4-5,7H,2,6H2. The van der Waals surface area contributed by atoms with Crippen molar-refractivity contribution < 1.29 is 17.9 Å². The molecular formula is C11H7BrClF3O. The van der Waals surface area contributed by atoms with E-state index in [1.54, 1.807) is 0 Å². The van der Waals surface area contributed by atoms with Crippen LogP contribution in [-0.4, -0.2) is 11.7 Å². The monoisotopic (exact) mass is 326 g/mol. The van der Waals surface area contributed by atoms with Crippen LogP contribution >= 0.6 is 27.5 Å². The molecule has 0 heterocycles. The number of alkyl halides is 4. The van der Waals surface area contributed by atoms with E-state index in [1.807, 2.05) is 0 Å². The van der Waals surface area contributed by atoms with Gasteiger partial charge in [-0.3, -0.25) is 0 Å². The van der Waals surface area contributed by atoms with Crippen LogP contribution in [0.25, 0.3) is 0 Å². The third-order valence-electron chi connectivity index (χ3n) is 1.62. The number of ether oxygens (including phenoxy) is 1. The van der Waals surface area contributed by atoms with Gasteiger partial charge in [-0.1, -0.05) is 39.4 Å². The predicted octanol–water partition coefficient (Wildman–Crippen LogP) is 4.38. The molecule has 0 aliphatic heterocycles. The van der Waals surface area contributed by atoms with Crippen molar-refractivity contribution in [1.82, 2.24) is 0 Å². The van der Waals surface area contributed by atoms with E-state index < -0.39 is 6.36 Å². The van der Waals surface area contributed by atoms with Gasteiger partial charge in [0, 0.05) is 23.4 Å². The van der Waals surface area contributed by atoms with Gasteiger partial charge in [-0.25, -0.2) is 0 Å². The van der Waals surface area contributed by atoms with Crippen molar-refractivity contribution in [3.05, 3.63) is 28.8 Å². The van der Waals surface area contributed by atoms with Crippen molar-refractivity contribution in [2.75, 3.05) is 5.33 Å². The second kappa shape index (κ2) is 6.18. The van der Waals surface area contributed by atoms with Crippen LogP contribution in [0.2, 0.25) is 5.02 Å². The minimum Gasteiger partial charge on any atom is -0.406 e. The van der Waals surface area contributed by atoms with Gasteiger partial charge in [0.1, 0.15) is 5.75 Å². The summed E-state index contributed by atoms with van der Waals surface area (Å²) in [7, 11) is 0. The second-order valence-corrected chi connectivity index (χ2v) is 4.13. The van der Waals surface area contributed by atoms with Gasteiger partial charge < -0.3 is 4.74 Å². The van der Waals surface area contributed by atoms with E-state index in [-0.39, 0.29) is 10.8 Å². The lowest BCUT2D eigenvalue weighted by Gasteiger charge is -2.09. The Morgan fingerprint density at radius 1 is 1.35 bits per heavy atom. The fourth-order valence-electron chi connectivity index (χ4n) is 0.999. The zero-order chi connectivity index (χ0) is 12.9. The maximum atomic E-state index is 11.9. The summed E-state index contributed by atoms with van der Waals surface area (Å²) in [5.41, 5.74) is 0.474. The van der Waals surface area contributed by atoms with Crippen molar-refractivity contribution >= 4 is 27.5 Å². The molecule has 17 heavy (non-hydrogen) atoms. The van der Waals surface area contributed by atoms with Crippen LogP contribution < -0.4 is 4.74 Å². The highest BCUT2D eigenvalue weighted by molar-refractivity contribution is 9.09. The summed E-state index contributed by atoms with van der Waals surface area (Å²) in [5.74, 6) is 5.22. The summed E-state index contributed by atoms with van der Waals surface area (Å²) in [6.07, 6.45) is -4.08. The SMILES string of the molecule is FC(F)(F)Oc1ccc(C#CCCBr)c(Cl)c1. The van der Waals surface area contributed by atoms with Crippen LogP contribution in [0.1, 0.15) is 12.0 Å². The van der Waals surface area contributed by atoms with Gasteiger partial charge in [0.05, 0.1) is 5.02 Å². The van der Waals surface area contributed by atoms with E-state index in [0.717, 1.165) is 11.4 Å². The van der Waals surface area contributed by atoms with Crippen LogP contribution in [0, 0.1) is 11.8 Å². The zero-order valence-electron chi connectivity index (χ0n) is 8.44. The lowest BCUT2D eigenvalue weighted by Crippen LogP contribution is -2.17. The molecule has 1 aromatic rings. The highest BCUT2D eigenvalue weighted by Gasteiger charge is 2.31. The normalized spacial score (nSPS) is 10.6. The Morgan fingerprint density at radius 2 is 2.06 bits per heavy atom. The molecule has 0 saturated carbocycles. The first-order valence-corrected chi connectivity index (χ1v) is 6.02. The Labute approximate surface area is 110 Å². The predicted molar refractivity (Wildman–Crippen MR) is 63.4 cm³/mol. The molecule has 1 nitrogen and oxygen atoms in total. The van der Waals surface area contributed by atoms with Crippen LogP contribution in [0.3, 0.4) is 0 Å². The Balaban J connectivity index is 2.84. The molecule has 0 amide bonds. The highest BCUT2D eigenvalue weighted by Crippen LogP contribution is 2.27. The molecule has 0 atom stereocenters. The summed E-state index contributed by atoms with van der Waals surface area (Å²) < 4.78 is 39.5. The van der Waals surface area contributed by atoms with E-state index >= 15 is 0 Å². The minimum atomic E-state index is -4.72. The van der Waals surface area contributed by atoms with Gasteiger partial charge in [0.15, 0.2) is 0 Å². The topological polar surface area (TPSA) is 9.23 Å². The average Bonchev–Trinajstić information content (AvgIpc) is 2.19. The first-order chi connectivity index (χ1) is 7.92. The minimum absolute atomic E-state index is 0.133. The Kier molecular flexibility index (Phi) is 5.16. The lowest BCUT2D eigenvalue weighted by molar-refractivity contribution is -0.274. The summed E-state index contributed by atoms with van der Waals surface area (Å²) in [6, 6.07) is 3.66. The summed E-state index contributed by atoms with van der Waals surface area (Å²) in [5, 5.41) is 0.862. The number of benzene rings is 1. The maximum absolute atomic E-state index is 11.9. The molecule has 6 heteroatoms. The number of hydrogen-bond donors (Lipinski definition) is 0. The van der Waals surface area contributed by atoms with Gasteiger partial charge in [0.2, 0.25) is 0 Å². The quantitative estimate of drug-likeness (QED) is 0.579. The van der Waals surface area contributed by atoms with Gasteiger partial charge in [-0.05, 0) is 12.1 Å². The summed E-state index contributed by atoms with van der Waals surface area (Å²) >= 11 is 8.98. The molecule has 0 N–H and O–H groups in total. The second-order valence-electron chi connectivity index (χ2n) is 2.93. The Morgan fingerprint density at radius 3 is 2.59 bits per heavy atom. The van der Waals surface area contributed by atoms with Gasteiger partial charge in [0.25, 0.3) is 0 Å². The molecule has 0 fully saturated rings. The molecular weight excluding hydrogens is 320 g/mol. The van der Waals surface area contributed by atoms with Crippen LogP contribution in [-0.2, 0) is 0 Å². The van der Waals surface area contributed by atoms with E-state index in [0.29, 0.717) is 12.0 Å². The molecule has 0 saturated heterocycles. The molecule has 0 unspecified atom stereocenters. The molecule has 0 aliphatic rings. The third kappa shape index (κ3) is 5.33. The first-order valence-electron chi connectivity index (χ1n) is 4.52. The molecule has 0 radical (unpaired) electrons. The van der Waals surface area contributed by atoms with E-state index in [4.69, 9.17) is 11.6 Å². The third-order valence-corrected chi connectivity index (χ3v) is 2.33. The van der Waals surface area contributed by atoms with Crippen molar-refractivity contribution in [3.8, 4) is 17.6 Å². The lowest BCUT2D eigenvalue weighted by atomic mass is 10.2. The Hall–Kier alpha value is -0.860. The molecule has 1 rings (SSSR count). The zero-order valence-corrected chi connectivity index (χ0v) is 10.8. The molecule has 1 aromatic carbocycles. The van der Waals surface area contributed by atoms with Crippen LogP contribution in [0.15, 0.2) is 18.2 Å². The first kappa shape index (κ1) is 14.2. The molecule has 0 spiro atoms. The molecule has 0 bridgehead atoms. The van der Waals surface area contributed by atoms with Crippen LogP contribution in [0.4, 0.5) is 13.2 Å². The fraction of sp³-hybridized carbons (Fsp3) is 0.273. The van der Waals surface area contributed by atoms with Crippen molar-refractivity contribution in [1.29, 1.82) is 0 Å². The molecule has 92 valence electrons. The summed E-state index contributed by atoms with van der Waals surface area (Å²) in [6.45, 7) is 0. The largest absolute Gasteiger partial charge is 0.573 e. The van der Waals surface area contributed by atoms with Crippen molar-refractivity contribution in [3.63, 3.8) is 0 Å². The highest BCUT2D eigenvalue weighted by atomic mass is 79.9. The Bertz CT molecular complexity index is 448. The molecule has 0 aromatic heterocycles. The molecule has 0 aliphatic carbocycles. The number of rotatable bonds is 2. The summed E-state index contributed by atoms with van der Waals surface area (Å²) in [4.78, 5) is 0. The van der Waals surface area contributed by atoms with E-state index in [2.05, 4.69) is 32.5 Å².